The van der Waals surface area contributed by atoms with E-state index >= 15 is 0 Å². The second kappa shape index (κ2) is 7.23. The third-order valence-electron chi connectivity index (χ3n) is 3.44. The first-order chi connectivity index (χ1) is 11.0. The monoisotopic (exact) mass is 308 g/mol. The summed E-state index contributed by atoms with van der Waals surface area (Å²) in [6.45, 7) is 3.47. The van der Waals surface area contributed by atoms with E-state index in [2.05, 4.69) is 5.32 Å². The first kappa shape index (κ1) is 16.2. The van der Waals surface area contributed by atoms with E-state index in [4.69, 9.17) is 10.00 Å². The van der Waals surface area contributed by atoms with E-state index in [0.29, 0.717) is 11.3 Å². The molecule has 1 N–H and O–H groups in total. The van der Waals surface area contributed by atoms with Crippen molar-refractivity contribution in [1.82, 2.24) is 0 Å². The Morgan fingerprint density at radius 1 is 1.17 bits per heavy atom. The van der Waals surface area contributed by atoms with Crippen LogP contribution in [0.4, 0.5) is 5.69 Å². The highest BCUT2D eigenvalue weighted by Gasteiger charge is 2.12. The molecule has 5 heteroatoms. The summed E-state index contributed by atoms with van der Waals surface area (Å²) in [5, 5.41) is 11.5. The molecule has 0 saturated carbocycles. The maximum Gasteiger partial charge on any atom is 0.338 e. The van der Waals surface area contributed by atoms with Gasteiger partial charge in [0.2, 0.25) is 0 Å². The lowest BCUT2D eigenvalue weighted by Gasteiger charge is -2.10. The molecule has 0 heterocycles. The van der Waals surface area contributed by atoms with Crippen molar-refractivity contribution in [1.29, 1.82) is 5.26 Å². The maximum atomic E-state index is 11.9. The minimum absolute atomic E-state index is 0.239. The van der Waals surface area contributed by atoms with Gasteiger partial charge in [0.25, 0.3) is 5.91 Å². The van der Waals surface area contributed by atoms with Gasteiger partial charge in [0, 0.05) is 5.69 Å². The Labute approximate surface area is 134 Å². The fourth-order valence-electron chi connectivity index (χ4n) is 2.00. The van der Waals surface area contributed by atoms with Gasteiger partial charge in [-0.1, -0.05) is 18.2 Å². The van der Waals surface area contributed by atoms with Crippen LogP contribution >= 0.6 is 0 Å². The SMILES string of the molecule is Cc1cccc(NC(=O)COC(=O)c2cccc(C#N)c2)c1C. The molecule has 2 aromatic rings. The lowest BCUT2D eigenvalue weighted by atomic mass is 10.1. The Kier molecular flexibility index (Phi) is 5.11. The number of hydrogen-bond donors (Lipinski definition) is 1. The molecule has 0 aliphatic rings. The molecule has 0 radical (unpaired) electrons. The van der Waals surface area contributed by atoms with Gasteiger partial charge in [0.05, 0.1) is 17.2 Å². The highest BCUT2D eigenvalue weighted by atomic mass is 16.5. The van der Waals surface area contributed by atoms with E-state index in [0.717, 1.165) is 11.1 Å². The van der Waals surface area contributed by atoms with Gasteiger partial charge in [-0.15, -0.1) is 0 Å². The standard InChI is InChI=1S/C18H16N2O3/c1-12-5-3-8-16(13(12)2)20-17(21)11-23-18(22)15-7-4-6-14(9-15)10-19/h3-9H,11H2,1-2H3,(H,20,21). The fraction of sp³-hybridized carbons (Fsp3) is 0.167. The van der Waals surface area contributed by atoms with Crippen LogP contribution in [0.25, 0.3) is 0 Å². The van der Waals surface area contributed by atoms with Crippen LogP contribution in [0.5, 0.6) is 0 Å². The van der Waals surface area contributed by atoms with Gasteiger partial charge >= 0.3 is 5.97 Å². The lowest BCUT2D eigenvalue weighted by Crippen LogP contribution is -2.21. The molecule has 0 bridgehead atoms. The van der Waals surface area contributed by atoms with Gasteiger partial charge in [-0.25, -0.2) is 4.79 Å². The summed E-state index contributed by atoms with van der Waals surface area (Å²) < 4.78 is 4.97. The molecule has 2 rings (SSSR count). The highest BCUT2D eigenvalue weighted by molar-refractivity contribution is 5.96. The second-order valence-corrected chi connectivity index (χ2v) is 5.06. The van der Waals surface area contributed by atoms with Crippen molar-refractivity contribution in [2.75, 3.05) is 11.9 Å². The number of hydrogen-bond acceptors (Lipinski definition) is 4. The zero-order valence-electron chi connectivity index (χ0n) is 12.9. The van der Waals surface area contributed by atoms with Crippen molar-refractivity contribution in [3.63, 3.8) is 0 Å². The number of amides is 1. The van der Waals surface area contributed by atoms with Crippen molar-refractivity contribution < 1.29 is 14.3 Å². The molecule has 0 unspecified atom stereocenters. The summed E-state index contributed by atoms with van der Waals surface area (Å²) in [5.74, 6) is -1.05. The number of nitrogens with one attached hydrogen (secondary N) is 1. The third kappa shape index (κ3) is 4.17. The molecule has 0 saturated heterocycles. The summed E-state index contributed by atoms with van der Waals surface area (Å²) in [7, 11) is 0. The van der Waals surface area contributed by atoms with Crippen LogP contribution in [0.1, 0.15) is 27.0 Å². The molecule has 5 nitrogen and oxygen atoms in total. The maximum absolute atomic E-state index is 11.9. The van der Waals surface area contributed by atoms with E-state index < -0.39 is 11.9 Å². The molecule has 1 amide bonds. The Morgan fingerprint density at radius 3 is 2.65 bits per heavy atom. The molecule has 2 aromatic carbocycles. The second-order valence-electron chi connectivity index (χ2n) is 5.06. The van der Waals surface area contributed by atoms with E-state index in [-0.39, 0.29) is 12.2 Å². The third-order valence-corrected chi connectivity index (χ3v) is 3.44. The molecule has 0 atom stereocenters. The Balaban J connectivity index is 1.95. The highest BCUT2D eigenvalue weighted by Crippen LogP contribution is 2.17. The normalized spacial score (nSPS) is 9.78. The van der Waals surface area contributed by atoms with Gasteiger partial charge in [-0.3, -0.25) is 4.79 Å². The zero-order chi connectivity index (χ0) is 16.8. The number of nitriles is 1. The topological polar surface area (TPSA) is 79.2 Å². The minimum atomic E-state index is -0.641. The van der Waals surface area contributed by atoms with Crippen LogP contribution in [0.3, 0.4) is 0 Å². The van der Waals surface area contributed by atoms with E-state index in [1.54, 1.807) is 18.2 Å². The number of nitrogens with zero attached hydrogens (tertiary/aromatic N) is 1. The van der Waals surface area contributed by atoms with E-state index in [1.807, 2.05) is 32.0 Å². The zero-order valence-corrected chi connectivity index (χ0v) is 12.9. The molecule has 23 heavy (non-hydrogen) atoms. The molecule has 116 valence electrons. The molecular formula is C18H16N2O3. The van der Waals surface area contributed by atoms with Crippen molar-refractivity contribution in [2.45, 2.75) is 13.8 Å². The number of aryl methyl sites for hydroxylation is 1. The number of ether oxygens (including phenoxy) is 1. The summed E-state index contributed by atoms with van der Waals surface area (Å²) in [5.41, 5.74) is 3.32. The predicted octanol–water partition coefficient (Wildman–Crippen LogP) is 2.97. The smallest absolute Gasteiger partial charge is 0.338 e. The van der Waals surface area contributed by atoms with Gasteiger partial charge in [-0.2, -0.15) is 5.26 Å². The fourth-order valence-corrected chi connectivity index (χ4v) is 2.00. The largest absolute Gasteiger partial charge is 0.452 e. The number of carbonyl (C=O) groups is 2. The van der Waals surface area contributed by atoms with Gasteiger partial charge in [-0.05, 0) is 49.2 Å². The molecule has 0 aliphatic heterocycles. The predicted molar refractivity (Wildman–Crippen MR) is 86.0 cm³/mol. The van der Waals surface area contributed by atoms with Crippen molar-refractivity contribution in [3.05, 3.63) is 64.7 Å². The molecule has 0 aromatic heterocycles. The Hall–Kier alpha value is -3.13. The average molecular weight is 308 g/mol. The lowest BCUT2D eigenvalue weighted by molar-refractivity contribution is -0.119. The molecule has 0 fully saturated rings. The summed E-state index contributed by atoms with van der Waals surface area (Å²) >= 11 is 0. The number of benzene rings is 2. The number of anilines is 1. The van der Waals surface area contributed by atoms with Crippen molar-refractivity contribution in [2.24, 2.45) is 0 Å². The first-order valence-corrected chi connectivity index (χ1v) is 7.04. The average Bonchev–Trinajstić information content (AvgIpc) is 2.57. The quantitative estimate of drug-likeness (QED) is 0.881. The molecular weight excluding hydrogens is 292 g/mol. The van der Waals surface area contributed by atoms with E-state index in [9.17, 15) is 9.59 Å². The van der Waals surface area contributed by atoms with Crippen LogP contribution in [0.15, 0.2) is 42.5 Å². The van der Waals surface area contributed by atoms with Crippen LogP contribution < -0.4 is 5.32 Å². The van der Waals surface area contributed by atoms with Crippen molar-refractivity contribution in [3.8, 4) is 6.07 Å². The summed E-state index contributed by atoms with van der Waals surface area (Å²) in [4.78, 5) is 23.8. The number of rotatable bonds is 4. The van der Waals surface area contributed by atoms with E-state index in [1.165, 1.54) is 12.1 Å². The number of esters is 1. The van der Waals surface area contributed by atoms with Crippen LogP contribution in [-0.4, -0.2) is 18.5 Å². The van der Waals surface area contributed by atoms with Crippen LogP contribution in [-0.2, 0) is 9.53 Å². The van der Waals surface area contributed by atoms with Crippen LogP contribution in [0.2, 0.25) is 0 Å². The summed E-state index contributed by atoms with van der Waals surface area (Å²) in [6.07, 6.45) is 0. The first-order valence-electron chi connectivity index (χ1n) is 7.04. The van der Waals surface area contributed by atoms with Gasteiger partial charge in [0.15, 0.2) is 6.61 Å². The van der Waals surface area contributed by atoms with Gasteiger partial charge in [0.1, 0.15) is 0 Å². The Bertz CT molecular complexity index is 791. The summed E-state index contributed by atoms with van der Waals surface area (Å²) in [6, 6.07) is 13.7. The Morgan fingerprint density at radius 2 is 1.91 bits per heavy atom. The number of carbonyl (C=O) groups excluding carboxylic acids is 2. The molecule has 0 aliphatic carbocycles. The van der Waals surface area contributed by atoms with Crippen molar-refractivity contribution >= 4 is 17.6 Å². The van der Waals surface area contributed by atoms with Gasteiger partial charge < -0.3 is 10.1 Å². The minimum Gasteiger partial charge on any atom is -0.452 e. The molecule has 0 spiro atoms. The van der Waals surface area contributed by atoms with Crippen LogP contribution in [0, 0.1) is 25.2 Å².